The Morgan fingerprint density at radius 3 is 1.83 bits per heavy atom. The van der Waals surface area contributed by atoms with Crippen LogP contribution < -0.4 is 0 Å². The van der Waals surface area contributed by atoms with Crippen LogP contribution in [0.4, 0.5) is 0 Å². The van der Waals surface area contributed by atoms with Crippen molar-refractivity contribution in [1.29, 1.82) is 0 Å². The Hall–Kier alpha value is -0.160. The molecule has 0 spiro atoms. The summed E-state index contributed by atoms with van der Waals surface area (Å²) < 4.78 is 20.5. The normalized spacial score (nSPS) is 14.8. The lowest BCUT2D eigenvalue weighted by atomic mass is 10.2. The average molecular weight is 178 g/mol. The van der Waals surface area contributed by atoms with Gasteiger partial charge in [-0.05, 0) is 6.92 Å². The molecule has 0 heterocycles. The Balaban J connectivity index is 4.21. The highest BCUT2D eigenvalue weighted by atomic mass is 16.7. The molecule has 0 bridgehead atoms. The van der Waals surface area contributed by atoms with Gasteiger partial charge in [-0.2, -0.15) is 0 Å². The summed E-state index contributed by atoms with van der Waals surface area (Å²) in [6, 6.07) is 0. The Morgan fingerprint density at radius 1 is 1.08 bits per heavy atom. The van der Waals surface area contributed by atoms with Gasteiger partial charge in [0, 0.05) is 28.4 Å². The number of methoxy groups -OCH3 is 4. The monoisotopic (exact) mass is 178 g/mol. The van der Waals surface area contributed by atoms with Crippen LogP contribution in [-0.4, -0.2) is 46.9 Å². The van der Waals surface area contributed by atoms with Crippen molar-refractivity contribution in [3.05, 3.63) is 0 Å². The summed E-state index contributed by atoms with van der Waals surface area (Å²) in [6.07, 6.45) is -0.225. The topological polar surface area (TPSA) is 36.9 Å². The molecule has 0 aromatic carbocycles. The van der Waals surface area contributed by atoms with Gasteiger partial charge in [0.1, 0.15) is 6.10 Å². The Bertz CT molecular complexity index is 112. The van der Waals surface area contributed by atoms with Crippen LogP contribution >= 0.6 is 0 Å². The summed E-state index contributed by atoms with van der Waals surface area (Å²) in [7, 11) is 6.36. The molecule has 0 aromatic heterocycles. The molecule has 0 fully saturated rings. The van der Waals surface area contributed by atoms with Gasteiger partial charge in [-0.3, -0.25) is 0 Å². The van der Waals surface area contributed by atoms with Crippen LogP contribution in [0.1, 0.15) is 6.92 Å². The molecule has 1 atom stereocenters. The molecule has 0 rings (SSSR count). The largest absolute Gasteiger partial charge is 0.382 e. The predicted molar refractivity (Wildman–Crippen MR) is 45.1 cm³/mol. The van der Waals surface area contributed by atoms with Crippen LogP contribution in [0, 0.1) is 0 Å². The maximum atomic E-state index is 5.17. The summed E-state index contributed by atoms with van der Waals surface area (Å²) in [5.74, 6) is -0.745. The van der Waals surface area contributed by atoms with E-state index < -0.39 is 5.79 Å². The molecule has 4 nitrogen and oxygen atoms in total. The SMILES string of the molecule is COCC(OC)C(C)(OC)OC. The first kappa shape index (κ1) is 11.8. The van der Waals surface area contributed by atoms with Gasteiger partial charge in [0.15, 0.2) is 5.79 Å². The molecule has 0 aromatic rings. The average Bonchev–Trinajstić information content (AvgIpc) is 2.13. The molecule has 12 heavy (non-hydrogen) atoms. The van der Waals surface area contributed by atoms with Crippen LogP contribution in [0.5, 0.6) is 0 Å². The lowest BCUT2D eigenvalue weighted by Gasteiger charge is -2.33. The zero-order chi connectivity index (χ0) is 9.61. The molecule has 0 saturated carbocycles. The van der Waals surface area contributed by atoms with Gasteiger partial charge in [-0.15, -0.1) is 0 Å². The third-order valence-corrected chi connectivity index (χ3v) is 2.00. The number of hydrogen-bond acceptors (Lipinski definition) is 4. The predicted octanol–water partition coefficient (Wildman–Crippen LogP) is 0.657. The van der Waals surface area contributed by atoms with Crippen LogP contribution in [0.25, 0.3) is 0 Å². The second-order valence-electron chi connectivity index (χ2n) is 2.60. The maximum Gasteiger partial charge on any atom is 0.193 e. The van der Waals surface area contributed by atoms with Gasteiger partial charge in [0.2, 0.25) is 0 Å². The van der Waals surface area contributed by atoms with Crippen molar-refractivity contribution in [2.24, 2.45) is 0 Å². The first-order chi connectivity index (χ1) is 5.64. The van der Waals surface area contributed by atoms with Crippen molar-refractivity contribution in [2.75, 3.05) is 35.0 Å². The summed E-state index contributed by atoms with van der Waals surface area (Å²) in [5.41, 5.74) is 0. The van der Waals surface area contributed by atoms with Gasteiger partial charge in [-0.1, -0.05) is 0 Å². The van der Waals surface area contributed by atoms with Gasteiger partial charge in [0.05, 0.1) is 6.61 Å². The van der Waals surface area contributed by atoms with Crippen LogP contribution in [0.15, 0.2) is 0 Å². The lowest BCUT2D eigenvalue weighted by molar-refractivity contribution is -0.260. The molecule has 4 heteroatoms. The summed E-state index contributed by atoms with van der Waals surface area (Å²) in [4.78, 5) is 0. The molecule has 74 valence electrons. The number of ether oxygens (including phenoxy) is 4. The molecule has 1 unspecified atom stereocenters. The fourth-order valence-corrected chi connectivity index (χ4v) is 0.931. The van der Waals surface area contributed by atoms with Crippen LogP contribution in [0.3, 0.4) is 0 Å². The first-order valence-corrected chi connectivity index (χ1v) is 3.76. The van der Waals surface area contributed by atoms with Gasteiger partial charge >= 0.3 is 0 Å². The second-order valence-corrected chi connectivity index (χ2v) is 2.60. The van der Waals surface area contributed by atoms with Crippen molar-refractivity contribution in [3.8, 4) is 0 Å². The van der Waals surface area contributed by atoms with Crippen LogP contribution in [-0.2, 0) is 18.9 Å². The third-order valence-electron chi connectivity index (χ3n) is 2.00. The van der Waals surface area contributed by atoms with E-state index in [1.54, 1.807) is 35.4 Å². The van der Waals surface area contributed by atoms with E-state index in [1.165, 1.54) is 0 Å². The maximum absolute atomic E-state index is 5.17. The van der Waals surface area contributed by atoms with E-state index in [2.05, 4.69) is 0 Å². The highest BCUT2D eigenvalue weighted by Gasteiger charge is 2.34. The van der Waals surface area contributed by atoms with E-state index >= 15 is 0 Å². The minimum Gasteiger partial charge on any atom is -0.382 e. The zero-order valence-electron chi connectivity index (χ0n) is 8.42. The first-order valence-electron chi connectivity index (χ1n) is 3.76. The molecule has 0 N–H and O–H groups in total. The van der Waals surface area contributed by atoms with Gasteiger partial charge in [-0.25, -0.2) is 0 Å². The Kier molecular flexibility index (Phi) is 5.41. The van der Waals surface area contributed by atoms with Crippen LogP contribution in [0.2, 0.25) is 0 Å². The zero-order valence-corrected chi connectivity index (χ0v) is 8.42. The Morgan fingerprint density at radius 2 is 1.58 bits per heavy atom. The summed E-state index contributed by atoms with van der Waals surface area (Å²) in [6.45, 7) is 2.24. The van der Waals surface area contributed by atoms with Gasteiger partial charge < -0.3 is 18.9 Å². The quantitative estimate of drug-likeness (QED) is 0.560. The standard InChI is InChI=1S/C8H18O4/c1-8(11-4,12-5)7(10-3)6-9-2/h7H,6H2,1-5H3. The fraction of sp³-hybridized carbons (Fsp3) is 1.00. The number of hydrogen-bond donors (Lipinski definition) is 0. The van der Waals surface area contributed by atoms with E-state index in [1.807, 2.05) is 0 Å². The number of rotatable bonds is 6. The minimum atomic E-state index is -0.745. The highest BCUT2D eigenvalue weighted by molar-refractivity contribution is 4.74. The van der Waals surface area contributed by atoms with E-state index in [-0.39, 0.29) is 6.10 Å². The van der Waals surface area contributed by atoms with Gasteiger partial charge in [0.25, 0.3) is 0 Å². The summed E-state index contributed by atoms with van der Waals surface area (Å²) in [5, 5.41) is 0. The van der Waals surface area contributed by atoms with Crippen molar-refractivity contribution in [1.82, 2.24) is 0 Å². The molecule has 0 aliphatic heterocycles. The molecule has 0 saturated heterocycles. The van der Waals surface area contributed by atoms with E-state index in [4.69, 9.17) is 18.9 Å². The minimum absolute atomic E-state index is 0.225. The Labute approximate surface area is 73.7 Å². The molecule has 0 aliphatic carbocycles. The van der Waals surface area contributed by atoms with Crippen molar-refractivity contribution in [3.63, 3.8) is 0 Å². The van der Waals surface area contributed by atoms with E-state index in [0.29, 0.717) is 6.61 Å². The highest BCUT2D eigenvalue weighted by Crippen LogP contribution is 2.18. The molecule has 0 aliphatic rings. The third kappa shape index (κ3) is 2.71. The van der Waals surface area contributed by atoms with Crippen molar-refractivity contribution < 1.29 is 18.9 Å². The lowest BCUT2D eigenvalue weighted by Crippen LogP contribution is -2.46. The van der Waals surface area contributed by atoms with E-state index in [9.17, 15) is 0 Å². The molecule has 0 amide bonds. The smallest absolute Gasteiger partial charge is 0.193 e. The molecular weight excluding hydrogens is 160 g/mol. The second kappa shape index (κ2) is 5.48. The molecular formula is C8H18O4. The summed E-state index contributed by atoms with van der Waals surface area (Å²) >= 11 is 0. The van der Waals surface area contributed by atoms with E-state index in [0.717, 1.165) is 0 Å². The fourth-order valence-electron chi connectivity index (χ4n) is 0.931. The molecule has 0 radical (unpaired) electrons. The van der Waals surface area contributed by atoms with Crippen molar-refractivity contribution in [2.45, 2.75) is 18.8 Å². The van der Waals surface area contributed by atoms with Crippen molar-refractivity contribution >= 4 is 0 Å².